The standard InChI is InChI=1S/C17H15ClN2O3/c1-22-16-6-5-14(18)7-13(16)10-20-15-8-11(17(21)23-2)3-4-12(15)9-19-20/h3-9H,10H2,1-2H3. The lowest BCUT2D eigenvalue weighted by atomic mass is 10.1. The molecule has 0 saturated carbocycles. The first kappa shape index (κ1) is 15.4. The fourth-order valence-electron chi connectivity index (χ4n) is 2.47. The lowest BCUT2D eigenvalue weighted by molar-refractivity contribution is 0.0601. The van der Waals surface area contributed by atoms with Crippen LogP contribution in [0.25, 0.3) is 10.9 Å². The summed E-state index contributed by atoms with van der Waals surface area (Å²) < 4.78 is 11.9. The Morgan fingerprint density at radius 1 is 1.22 bits per heavy atom. The summed E-state index contributed by atoms with van der Waals surface area (Å²) in [6.45, 7) is 0.484. The van der Waals surface area contributed by atoms with Crippen LogP contribution >= 0.6 is 11.6 Å². The van der Waals surface area contributed by atoms with Crippen molar-refractivity contribution in [2.24, 2.45) is 0 Å². The highest BCUT2D eigenvalue weighted by molar-refractivity contribution is 6.30. The van der Waals surface area contributed by atoms with Gasteiger partial charge in [0.25, 0.3) is 0 Å². The predicted molar refractivity (Wildman–Crippen MR) is 88.2 cm³/mol. The minimum Gasteiger partial charge on any atom is -0.496 e. The SMILES string of the molecule is COC(=O)c1ccc2cnn(Cc3cc(Cl)ccc3OC)c2c1. The maximum Gasteiger partial charge on any atom is 0.337 e. The van der Waals surface area contributed by atoms with Crippen molar-refractivity contribution in [3.63, 3.8) is 0 Å². The number of esters is 1. The Morgan fingerprint density at radius 2 is 2.04 bits per heavy atom. The second-order valence-corrected chi connectivity index (χ2v) is 5.46. The van der Waals surface area contributed by atoms with Crippen LogP contribution in [0, 0.1) is 0 Å². The zero-order valence-electron chi connectivity index (χ0n) is 12.7. The van der Waals surface area contributed by atoms with Crippen molar-refractivity contribution in [3.8, 4) is 5.75 Å². The normalized spacial score (nSPS) is 10.7. The molecule has 0 unspecified atom stereocenters. The second-order valence-electron chi connectivity index (χ2n) is 5.02. The van der Waals surface area contributed by atoms with Crippen LogP contribution in [0.1, 0.15) is 15.9 Å². The highest BCUT2D eigenvalue weighted by Crippen LogP contribution is 2.25. The Labute approximate surface area is 138 Å². The molecule has 0 bridgehead atoms. The van der Waals surface area contributed by atoms with Gasteiger partial charge in [-0.15, -0.1) is 0 Å². The molecule has 1 heterocycles. The minimum atomic E-state index is -0.375. The molecule has 6 heteroatoms. The smallest absolute Gasteiger partial charge is 0.337 e. The average molecular weight is 331 g/mol. The van der Waals surface area contributed by atoms with Gasteiger partial charge >= 0.3 is 5.97 Å². The highest BCUT2D eigenvalue weighted by atomic mass is 35.5. The molecule has 0 amide bonds. The molecule has 0 aliphatic carbocycles. The van der Waals surface area contributed by atoms with Crippen molar-refractivity contribution in [2.75, 3.05) is 14.2 Å². The summed E-state index contributed by atoms with van der Waals surface area (Å²) in [5.41, 5.74) is 2.24. The topological polar surface area (TPSA) is 53.3 Å². The third kappa shape index (κ3) is 3.00. The number of hydrogen-bond donors (Lipinski definition) is 0. The van der Waals surface area contributed by atoms with E-state index in [0.29, 0.717) is 17.1 Å². The van der Waals surface area contributed by atoms with Crippen molar-refractivity contribution in [3.05, 3.63) is 58.7 Å². The largest absolute Gasteiger partial charge is 0.496 e. The number of nitrogens with zero attached hydrogens (tertiary/aromatic N) is 2. The maximum absolute atomic E-state index is 11.7. The summed E-state index contributed by atoms with van der Waals surface area (Å²) in [6.07, 6.45) is 1.76. The molecule has 3 rings (SSSR count). The number of benzene rings is 2. The number of rotatable bonds is 4. The summed E-state index contributed by atoms with van der Waals surface area (Å²) in [5.74, 6) is 0.363. The van der Waals surface area contributed by atoms with Crippen LogP contribution in [0.4, 0.5) is 0 Å². The number of carbonyl (C=O) groups is 1. The minimum absolute atomic E-state index is 0.375. The molecular formula is C17H15ClN2O3. The molecule has 0 N–H and O–H groups in total. The molecule has 0 saturated heterocycles. The van der Waals surface area contributed by atoms with Gasteiger partial charge in [-0.25, -0.2) is 4.79 Å². The zero-order valence-corrected chi connectivity index (χ0v) is 13.5. The fraction of sp³-hybridized carbons (Fsp3) is 0.176. The van der Waals surface area contributed by atoms with E-state index in [1.54, 1.807) is 36.2 Å². The molecule has 2 aromatic carbocycles. The molecule has 5 nitrogen and oxygen atoms in total. The molecule has 0 spiro atoms. The third-order valence-corrected chi connectivity index (χ3v) is 3.86. The number of aromatic nitrogens is 2. The number of halogens is 1. The Bertz CT molecular complexity index is 873. The summed E-state index contributed by atoms with van der Waals surface area (Å²) in [4.78, 5) is 11.7. The number of hydrogen-bond acceptors (Lipinski definition) is 4. The van der Waals surface area contributed by atoms with E-state index in [1.165, 1.54) is 7.11 Å². The van der Waals surface area contributed by atoms with Gasteiger partial charge in [-0.1, -0.05) is 17.7 Å². The lowest BCUT2D eigenvalue weighted by Crippen LogP contribution is -2.05. The van der Waals surface area contributed by atoms with Gasteiger partial charge in [-0.3, -0.25) is 4.68 Å². The Balaban J connectivity index is 2.03. The summed E-state index contributed by atoms with van der Waals surface area (Å²) in [5, 5.41) is 5.96. The second kappa shape index (κ2) is 6.30. The van der Waals surface area contributed by atoms with E-state index in [2.05, 4.69) is 5.10 Å². The highest BCUT2D eigenvalue weighted by Gasteiger charge is 2.11. The van der Waals surface area contributed by atoms with Crippen LogP contribution in [0.2, 0.25) is 5.02 Å². The van der Waals surface area contributed by atoms with Crippen LogP contribution in [0.3, 0.4) is 0 Å². The fourth-order valence-corrected chi connectivity index (χ4v) is 2.67. The molecule has 0 radical (unpaired) electrons. The van der Waals surface area contributed by atoms with Gasteiger partial charge in [0.1, 0.15) is 5.75 Å². The van der Waals surface area contributed by atoms with Gasteiger partial charge in [0.05, 0.1) is 38.0 Å². The van der Waals surface area contributed by atoms with Crippen molar-refractivity contribution in [1.82, 2.24) is 9.78 Å². The van der Waals surface area contributed by atoms with Gasteiger partial charge in [-0.05, 0) is 30.3 Å². The Hall–Kier alpha value is -2.53. The van der Waals surface area contributed by atoms with Crippen molar-refractivity contribution < 1.29 is 14.3 Å². The van der Waals surface area contributed by atoms with Crippen molar-refractivity contribution >= 4 is 28.5 Å². The molecular weight excluding hydrogens is 316 g/mol. The molecule has 23 heavy (non-hydrogen) atoms. The van der Waals surface area contributed by atoms with E-state index in [-0.39, 0.29) is 5.97 Å². The van der Waals surface area contributed by atoms with Crippen LogP contribution in [0.5, 0.6) is 5.75 Å². The quantitative estimate of drug-likeness (QED) is 0.687. The predicted octanol–water partition coefficient (Wildman–Crippen LogP) is 3.53. The van der Waals surface area contributed by atoms with Crippen LogP contribution < -0.4 is 4.74 Å². The molecule has 0 aliphatic heterocycles. The number of methoxy groups -OCH3 is 2. The van der Waals surface area contributed by atoms with Gasteiger partial charge < -0.3 is 9.47 Å². The molecule has 118 valence electrons. The first-order valence-corrected chi connectivity index (χ1v) is 7.36. The lowest BCUT2D eigenvalue weighted by Gasteiger charge is -2.10. The van der Waals surface area contributed by atoms with Crippen molar-refractivity contribution in [2.45, 2.75) is 6.54 Å². The van der Waals surface area contributed by atoms with E-state index in [4.69, 9.17) is 21.1 Å². The van der Waals surface area contributed by atoms with E-state index in [1.807, 2.05) is 18.2 Å². The molecule has 0 atom stereocenters. The number of carbonyl (C=O) groups excluding carboxylic acids is 1. The summed E-state index contributed by atoms with van der Waals surface area (Å²) in [6, 6.07) is 10.8. The maximum atomic E-state index is 11.7. The zero-order chi connectivity index (χ0) is 16.4. The van der Waals surface area contributed by atoms with Crippen molar-refractivity contribution in [1.29, 1.82) is 0 Å². The third-order valence-electron chi connectivity index (χ3n) is 3.63. The monoisotopic (exact) mass is 330 g/mol. The molecule has 0 aliphatic rings. The Kier molecular flexibility index (Phi) is 4.21. The van der Waals surface area contributed by atoms with Crippen LogP contribution in [-0.4, -0.2) is 30.0 Å². The van der Waals surface area contributed by atoms with Gasteiger partial charge in [-0.2, -0.15) is 5.10 Å². The van der Waals surface area contributed by atoms with Gasteiger partial charge in [0.2, 0.25) is 0 Å². The van der Waals surface area contributed by atoms with E-state index >= 15 is 0 Å². The van der Waals surface area contributed by atoms with E-state index in [9.17, 15) is 4.79 Å². The summed E-state index contributed by atoms with van der Waals surface area (Å²) >= 11 is 6.07. The number of fused-ring (bicyclic) bond motifs is 1. The van der Waals surface area contributed by atoms with E-state index in [0.717, 1.165) is 22.2 Å². The van der Waals surface area contributed by atoms with E-state index < -0.39 is 0 Å². The summed E-state index contributed by atoms with van der Waals surface area (Å²) in [7, 11) is 2.98. The molecule has 3 aromatic rings. The van der Waals surface area contributed by atoms with Crippen LogP contribution in [0.15, 0.2) is 42.6 Å². The Morgan fingerprint density at radius 3 is 2.78 bits per heavy atom. The molecule has 1 aromatic heterocycles. The van der Waals surface area contributed by atoms with Crippen LogP contribution in [-0.2, 0) is 11.3 Å². The molecule has 0 fully saturated rings. The van der Waals surface area contributed by atoms with Gasteiger partial charge in [0.15, 0.2) is 0 Å². The number of ether oxygens (including phenoxy) is 2. The van der Waals surface area contributed by atoms with Gasteiger partial charge in [0, 0.05) is 16.0 Å². The average Bonchev–Trinajstić information content (AvgIpc) is 2.96. The first-order valence-electron chi connectivity index (χ1n) is 6.98. The first-order chi connectivity index (χ1) is 11.1.